The number of aromatic nitrogens is 3. The zero-order chi connectivity index (χ0) is 34.5. The minimum atomic E-state index is -3.22. The Morgan fingerprint density at radius 1 is 0.979 bits per heavy atom. The Bertz CT molecular complexity index is 1880. The highest BCUT2D eigenvalue weighted by atomic mass is 32.2. The summed E-state index contributed by atoms with van der Waals surface area (Å²) in [6.45, 7) is 8.41. The number of anilines is 3. The molecule has 1 fully saturated rings. The fourth-order valence-electron chi connectivity index (χ4n) is 5.28. The van der Waals surface area contributed by atoms with Crippen LogP contribution in [0.25, 0.3) is 16.8 Å². The maximum absolute atomic E-state index is 12.6. The maximum Gasteiger partial charge on any atom is 0.408 e. The van der Waals surface area contributed by atoms with Gasteiger partial charge < -0.3 is 30.3 Å². The van der Waals surface area contributed by atoms with Gasteiger partial charge in [-0.25, -0.2) is 22.7 Å². The lowest BCUT2D eigenvalue weighted by Crippen LogP contribution is -2.51. The van der Waals surface area contributed by atoms with Crippen LogP contribution in [0.5, 0.6) is 5.75 Å². The molecule has 0 saturated carbocycles. The normalized spacial score (nSPS) is 14.1. The number of methoxy groups -OCH3 is 1. The molecule has 0 radical (unpaired) electrons. The van der Waals surface area contributed by atoms with Crippen molar-refractivity contribution < 1.29 is 27.5 Å². The topological polar surface area (TPSA) is 160 Å². The summed E-state index contributed by atoms with van der Waals surface area (Å²) < 4.78 is 36.2. The molecule has 0 atom stereocenters. The fourth-order valence-corrected chi connectivity index (χ4v) is 5.70. The summed E-state index contributed by atoms with van der Waals surface area (Å²) in [5.41, 5.74) is 4.14. The van der Waals surface area contributed by atoms with Gasteiger partial charge in [0.05, 0.1) is 30.2 Å². The number of fused-ring (bicyclic) bond motifs is 1. The lowest BCUT2D eigenvalue weighted by Gasteiger charge is -2.35. The molecule has 2 amide bonds. The zero-order valence-corrected chi connectivity index (χ0v) is 28.6. The molecular weight excluding hydrogens is 636 g/mol. The largest absolute Gasteiger partial charge is 0.495 e. The first kappa shape index (κ1) is 34.4. The minimum absolute atomic E-state index is 0.0985. The van der Waals surface area contributed by atoms with Crippen molar-refractivity contribution in [1.29, 1.82) is 0 Å². The first-order valence-corrected chi connectivity index (χ1v) is 17.6. The Hall–Kier alpha value is -4.89. The molecule has 3 N–H and O–H groups in total. The van der Waals surface area contributed by atoms with Crippen molar-refractivity contribution in [3.05, 3.63) is 66.4 Å². The number of para-hydroxylation sites is 1. The third-order valence-corrected chi connectivity index (χ3v) is 8.22. The standard InChI is InChI=1S/C33H42N8O6S/c1-33(2,3)47-32(43)35-20-30(42)40-16-14-39(15-17-40)21-23-10-12-27(29(18-23)46-4)37-31-34-19-24-11-13-28(41(24)38-31)25-8-6-7-9-26(25)36-22-48(5,44)45/h6-13,18-19,36H,14-17,20-22H2,1-5H3,(H,35,43)(H,37,38). The number of nitrogens with one attached hydrogen (secondary N) is 3. The van der Waals surface area contributed by atoms with Crippen molar-refractivity contribution in [2.75, 3.05) is 62.6 Å². The number of nitrogens with zero attached hydrogens (tertiary/aromatic N) is 5. The molecule has 0 aliphatic carbocycles. The molecule has 1 aliphatic heterocycles. The molecule has 48 heavy (non-hydrogen) atoms. The van der Waals surface area contributed by atoms with Crippen LogP contribution in [0.3, 0.4) is 0 Å². The van der Waals surface area contributed by atoms with E-state index in [4.69, 9.17) is 14.6 Å². The van der Waals surface area contributed by atoms with Crippen molar-refractivity contribution in [1.82, 2.24) is 29.7 Å². The summed E-state index contributed by atoms with van der Waals surface area (Å²) in [4.78, 5) is 33.0. The number of hydrogen-bond acceptors (Lipinski definition) is 11. The smallest absolute Gasteiger partial charge is 0.408 e. The van der Waals surface area contributed by atoms with E-state index in [1.165, 1.54) is 6.26 Å². The van der Waals surface area contributed by atoms with E-state index >= 15 is 0 Å². The first-order chi connectivity index (χ1) is 22.8. The molecule has 1 saturated heterocycles. The van der Waals surface area contributed by atoms with E-state index in [9.17, 15) is 18.0 Å². The van der Waals surface area contributed by atoms with Gasteiger partial charge in [-0.3, -0.25) is 9.69 Å². The molecule has 2 aromatic heterocycles. The highest BCUT2D eigenvalue weighted by molar-refractivity contribution is 7.90. The van der Waals surface area contributed by atoms with Crippen LogP contribution >= 0.6 is 0 Å². The van der Waals surface area contributed by atoms with E-state index in [0.717, 1.165) is 22.3 Å². The summed E-state index contributed by atoms with van der Waals surface area (Å²) in [6, 6.07) is 17.2. The summed E-state index contributed by atoms with van der Waals surface area (Å²) in [6.07, 6.45) is 2.29. The Labute approximate surface area is 280 Å². The number of hydrogen-bond donors (Lipinski definition) is 3. The number of carbonyl (C=O) groups excluding carboxylic acids is 2. The van der Waals surface area contributed by atoms with Crippen LogP contribution in [-0.2, 0) is 25.9 Å². The predicted octanol–water partition coefficient (Wildman–Crippen LogP) is 3.73. The predicted molar refractivity (Wildman–Crippen MR) is 184 cm³/mol. The van der Waals surface area contributed by atoms with Gasteiger partial charge in [0.25, 0.3) is 0 Å². The molecule has 1 aliphatic rings. The molecule has 4 aromatic rings. The van der Waals surface area contributed by atoms with E-state index in [1.54, 1.807) is 43.5 Å². The second-order valence-electron chi connectivity index (χ2n) is 12.6. The minimum Gasteiger partial charge on any atom is -0.495 e. The first-order valence-electron chi connectivity index (χ1n) is 15.5. The SMILES string of the molecule is COc1cc(CN2CCN(C(=O)CNC(=O)OC(C)(C)C)CC2)ccc1Nc1ncc2ccc(-c3ccccc3NCS(C)(=O)=O)n2n1. The second kappa shape index (κ2) is 14.5. The van der Waals surface area contributed by atoms with Crippen LogP contribution in [0, 0.1) is 0 Å². The molecule has 0 spiro atoms. The van der Waals surface area contributed by atoms with E-state index < -0.39 is 21.5 Å². The zero-order valence-electron chi connectivity index (χ0n) is 27.8. The average molecular weight is 679 g/mol. The fraction of sp³-hybridized carbons (Fsp3) is 0.394. The molecule has 3 heterocycles. The number of amides is 2. The molecule has 0 unspecified atom stereocenters. The molecule has 0 bridgehead atoms. The van der Waals surface area contributed by atoms with Crippen LogP contribution in [0.15, 0.2) is 60.8 Å². The van der Waals surface area contributed by atoms with Gasteiger partial charge in [-0.15, -0.1) is 5.10 Å². The van der Waals surface area contributed by atoms with Crippen LogP contribution < -0.4 is 20.7 Å². The lowest BCUT2D eigenvalue weighted by atomic mass is 10.1. The third kappa shape index (κ3) is 9.13. The average Bonchev–Trinajstić information content (AvgIpc) is 3.46. The Morgan fingerprint density at radius 3 is 2.44 bits per heavy atom. The maximum atomic E-state index is 12.6. The molecule has 5 rings (SSSR count). The number of carbonyl (C=O) groups is 2. The third-order valence-electron chi connectivity index (χ3n) is 7.55. The summed E-state index contributed by atoms with van der Waals surface area (Å²) in [5, 5.41) is 13.5. The number of ether oxygens (including phenoxy) is 2. The van der Waals surface area contributed by atoms with Crippen LogP contribution in [0.2, 0.25) is 0 Å². The van der Waals surface area contributed by atoms with E-state index in [0.29, 0.717) is 55.8 Å². The molecule has 14 nitrogen and oxygen atoms in total. The molecule has 256 valence electrons. The van der Waals surface area contributed by atoms with Gasteiger partial charge in [-0.05, 0) is 56.7 Å². The van der Waals surface area contributed by atoms with Gasteiger partial charge in [-0.2, -0.15) is 0 Å². The van der Waals surface area contributed by atoms with E-state index in [1.807, 2.05) is 54.6 Å². The highest BCUT2D eigenvalue weighted by Crippen LogP contribution is 2.31. The van der Waals surface area contributed by atoms with Gasteiger partial charge >= 0.3 is 6.09 Å². The number of rotatable bonds is 11. The number of sulfone groups is 1. The molecule has 15 heteroatoms. The molecular formula is C33H42N8O6S. The van der Waals surface area contributed by atoms with Crippen LogP contribution in [0.4, 0.5) is 22.1 Å². The number of alkyl carbamates (subject to hydrolysis) is 1. The summed E-state index contributed by atoms with van der Waals surface area (Å²) in [5.74, 6) is 0.657. The Morgan fingerprint density at radius 2 is 1.73 bits per heavy atom. The van der Waals surface area contributed by atoms with Gasteiger partial charge in [-0.1, -0.05) is 24.3 Å². The number of benzene rings is 2. The van der Waals surface area contributed by atoms with E-state index in [2.05, 4.69) is 25.8 Å². The van der Waals surface area contributed by atoms with Crippen molar-refractivity contribution in [2.45, 2.75) is 32.9 Å². The Balaban J connectivity index is 1.21. The van der Waals surface area contributed by atoms with Crippen LogP contribution in [-0.4, -0.2) is 102 Å². The summed E-state index contributed by atoms with van der Waals surface area (Å²) in [7, 11) is -1.62. The van der Waals surface area contributed by atoms with Gasteiger partial charge in [0.2, 0.25) is 11.9 Å². The summed E-state index contributed by atoms with van der Waals surface area (Å²) >= 11 is 0. The second-order valence-corrected chi connectivity index (χ2v) is 14.7. The lowest BCUT2D eigenvalue weighted by molar-refractivity contribution is -0.132. The quantitative estimate of drug-likeness (QED) is 0.212. The van der Waals surface area contributed by atoms with Gasteiger partial charge in [0.15, 0.2) is 9.84 Å². The van der Waals surface area contributed by atoms with Gasteiger partial charge in [0.1, 0.15) is 23.8 Å². The van der Waals surface area contributed by atoms with Crippen molar-refractivity contribution in [3.63, 3.8) is 0 Å². The Kier molecular flexibility index (Phi) is 10.4. The van der Waals surface area contributed by atoms with Crippen molar-refractivity contribution in [2.24, 2.45) is 0 Å². The number of piperazine rings is 1. The highest BCUT2D eigenvalue weighted by Gasteiger charge is 2.23. The molecule has 2 aromatic carbocycles. The van der Waals surface area contributed by atoms with Crippen molar-refractivity contribution >= 4 is 44.7 Å². The van der Waals surface area contributed by atoms with E-state index in [-0.39, 0.29) is 18.3 Å². The monoisotopic (exact) mass is 678 g/mol. The van der Waals surface area contributed by atoms with Crippen LogP contribution in [0.1, 0.15) is 26.3 Å². The van der Waals surface area contributed by atoms with Gasteiger partial charge in [0, 0.05) is 50.2 Å². The van der Waals surface area contributed by atoms with Crippen molar-refractivity contribution in [3.8, 4) is 17.0 Å².